The van der Waals surface area contributed by atoms with Crippen LogP contribution < -0.4 is 15.4 Å². The van der Waals surface area contributed by atoms with Gasteiger partial charge in [-0.05, 0) is 72.6 Å². The number of hydrogen-bond donors (Lipinski definition) is 2. The number of amides is 1. The van der Waals surface area contributed by atoms with Crippen molar-refractivity contribution < 1.29 is 13.9 Å². The molecule has 168 valence electrons. The number of nitrogens with zero attached hydrogens (tertiary/aromatic N) is 2. The highest BCUT2D eigenvalue weighted by atomic mass is 32.1. The first kappa shape index (κ1) is 22.4. The molecule has 0 aliphatic rings. The fourth-order valence-electron chi connectivity index (χ4n) is 3.20. The number of hydrogen-bond acceptors (Lipinski definition) is 6. The summed E-state index contributed by atoms with van der Waals surface area (Å²) in [7, 11) is 0. The van der Waals surface area contributed by atoms with Gasteiger partial charge in [0.15, 0.2) is 22.9 Å². The lowest BCUT2D eigenvalue weighted by molar-refractivity contribution is -0.121. The van der Waals surface area contributed by atoms with Gasteiger partial charge in [0.2, 0.25) is 5.89 Å². The van der Waals surface area contributed by atoms with Crippen LogP contribution in [0.5, 0.6) is 5.75 Å². The fourth-order valence-corrected chi connectivity index (χ4v) is 3.42. The predicted molar refractivity (Wildman–Crippen MR) is 132 cm³/mol. The first-order valence-electron chi connectivity index (χ1n) is 10.5. The third kappa shape index (κ3) is 5.53. The molecule has 0 atom stereocenters. The Kier molecular flexibility index (Phi) is 6.65. The Morgan fingerprint density at radius 2 is 1.94 bits per heavy atom. The molecule has 0 spiro atoms. The van der Waals surface area contributed by atoms with Gasteiger partial charge >= 0.3 is 0 Å². The summed E-state index contributed by atoms with van der Waals surface area (Å²) in [6, 6.07) is 17.0. The molecule has 4 aromatic rings. The van der Waals surface area contributed by atoms with Crippen LogP contribution in [-0.2, 0) is 4.79 Å². The maximum Gasteiger partial charge on any atom is 0.264 e. The van der Waals surface area contributed by atoms with E-state index in [2.05, 4.69) is 34.4 Å². The van der Waals surface area contributed by atoms with Gasteiger partial charge in [-0.15, -0.1) is 0 Å². The highest BCUT2D eigenvalue weighted by Crippen LogP contribution is 2.27. The molecule has 0 unspecified atom stereocenters. The molecule has 0 bridgehead atoms. The van der Waals surface area contributed by atoms with Crippen LogP contribution in [0, 0.1) is 6.92 Å². The van der Waals surface area contributed by atoms with Crippen LogP contribution in [-0.4, -0.2) is 27.6 Å². The first-order chi connectivity index (χ1) is 15.9. The number of fused-ring (bicyclic) bond motifs is 1. The van der Waals surface area contributed by atoms with Crippen molar-refractivity contribution >= 4 is 40.2 Å². The number of rotatable bonds is 6. The van der Waals surface area contributed by atoms with Crippen LogP contribution in [0.25, 0.3) is 22.7 Å². The first-order valence-corrected chi connectivity index (χ1v) is 11.0. The van der Waals surface area contributed by atoms with Crippen molar-refractivity contribution in [2.45, 2.75) is 26.7 Å². The van der Waals surface area contributed by atoms with Crippen molar-refractivity contribution in [1.29, 1.82) is 0 Å². The number of oxazole rings is 1. The number of carbonyl (C=O) groups is 1. The number of nitrogens with one attached hydrogen (secondary N) is 2. The molecular formula is C25H24N4O3S. The van der Waals surface area contributed by atoms with Crippen molar-refractivity contribution in [3.63, 3.8) is 0 Å². The number of carbonyl (C=O) groups excluding carboxylic acids is 1. The molecule has 2 aromatic carbocycles. The Morgan fingerprint density at radius 3 is 2.67 bits per heavy atom. The lowest BCUT2D eigenvalue weighted by atomic mass is 10.0. The molecule has 2 N–H and O–H groups in total. The number of thiocarbonyl (C=S) groups is 1. The van der Waals surface area contributed by atoms with Gasteiger partial charge in [0, 0.05) is 17.4 Å². The van der Waals surface area contributed by atoms with Crippen LogP contribution in [0.15, 0.2) is 65.2 Å². The Balaban J connectivity index is 1.36. The van der Waals surface area contributed by atoms with E-state index in [0.29, 0.717) is 28.8 Å². The molecule has 7 nitrogen and oxygen atoms in total. The molecule has 0 saturated heterocycles. The minimum absolute atomic E-state index is 0.141. The van der Waals surface area contributed by atoms with E-state index in [9.17, 15) is 4.79 Å². The van der Waals surface area contributed by atoms with Gasteiger partial charge in [0.25, 0.3) is 5.91 Å². The smallest absolute Gasteiger partial charge is 0.264 e. The molecule has 0 fully saturated rings. The van der Waals surface area contributed by atoms with E-state index in [-0.39, 0.29) is 17.6 Å². The Bertz CT molecular complexity index is 1270. The summed E-state index contributed by atoms with van der Waals surface area (Å²) in [6.07, 6.45) is 1.67. The highest BCUT2D eigenvalue weighted by Gasteiger charge is 2.12. The van der Waals surface area contributed by atoms with E-state index in [4.69, 9.17) is 21.4 Å². The number of aromatic nitrogens is 2. The quantitative estimate of drug-likeness (QED) is 0.382. The second kappa shape index (κ2) is 9.79. The number of aryl methyl sites for hydroxylation is 1. The van der Waals surface area contributed by atoms with E-state index in [1.807, 2.05) is 55.5 Å². The fraction of sp³-hybridized carbons (Fsp3) is 0.200. The second-order valence-corrected chi connectivity index (χ2v) is 8.30. The molecule has 4 rings (SSSR count). The summed E-state index contributed by atoms with van der Waals surface area (Å²) in [5.41, 5.74) is 4.82. The average Bonchev–Trinajstić information content (AvgIpc) is 3.23. The van der Waals surface area contributed by atoms with E-state index < -0.39 is 0 Å². The highest BCUT2D eigenvalue weighted by molar-refractivity contribution is 7.80. The van der Waals surface area contributed by atoms with Crippen LogP contribution in [0.1, 0.15) is 30.9 Å². The van der Waals surface area contributed by atoms with Crippen molar-refractivity contribution in [3.8, 4) is 17.2 Å². The van der Waals surface area contributed by atoms with Gasteiger partial charge in [-0.25, -0.2) is 4.98 Å². The molecular weight excluding hydrogens is 436 g/mol. The van der Waals surface area contributed by atoms with Gasteiger partial charge in [-0.2, -0.15) is 4.98 Å². The van der Waals surface area contributed by atoms with Crippen molar-refractivity contribution in [2.24, 2.45) is 0 Å². The molecule has 8 heteroatoms. The third-order valence-electron chi connectivity index (χ3n) is 5.07. The summed E-state index contributed by atoms with van der Waals surface area (Å²) in [5, 5.41) is 5.88. The number of anilines is 1. The maximum atomic E-state index is 12.3. The topological polar surface area (TPSA) is 89.3 Å². The van der Waals surface area contributed by atoms with E-state index >= 15 is 0 Å². The van der Waals surface area contributed by atoms with Gasteiger partial charge in [-0.3, -0.25) is 10.1 Å². The Labute approximate surface area is 197 Å². The maximum absolute atomic E-state index is 12.3. The van der Waals surface area contributed by atoms with Gasteiger partial charge in [0.05, 0.1) is 0 Å². The average molecular weight is 461 g/mol. The molecule has 2 aromatic heterocycles. The SMILES string of the molecule is Cc1ccc(-c2nc3ncccc3o2)cc1NC(=S)NC(=O)COc1ccc(C(C)C)cc1. The number of pyridine rings is 1. The molecule has 0 radical (unpaired) electrons. The zero-order valence-corrected chi connectivity index (χ0v) is 19.4. The lowest BCUT2D eigenvalue weighted by Crippen LogP contribution is -2.37. The molecule has 0 aliphatic heterocycles. The van der Waals surface area contributed by atoms with Crippen molar-refractivity contribution in [1.82, 2.24) is 15.3 Å². The molecule has 33 heavy (non-hydrogen) atoms. The summed E-state index contributed by atoms with van der Waals surface area (Å²) in [4.78, 5) is 20.9. The minimum Gasteiger partial charge on any atom is -0.484 e. The predicted octanol–water partition coefficient (Wildman–Crippen LogP) is 5.21. The molecule has 2 heterocycles. The third-order valence-corrected chi connectivity index (χ3v) is 5.27. The van der Waals surface area contributed by atoms with Crippen molar-refractivity contribution in [3.05, 3.63) is 71.9 Å². The van der Waals surface area contributed by atoms with Crippen LogP contribution >= 0.6 is 12.2 Å². The van der Waals surface area contributed by atoms with E-state index in [1.54, 1.807) is 12.3 Å². The van der Waals surface area contributed by atoms with E-state index in [0.717, 1.165) is 16.8 Å². The summed E-state index contributed by atoms with van der Waals surface area (Å²) < 4.78 is 11.3. The molecule has 0 saturated carbocycles. The molecule has 0 aliphatic carbocycles. The lowest BCUT2D eigenvalue weighted by Gasteiger charge is -2.13. The standard InChI is InChI=1S/C25H24N4O3S/c1-15(2)17-8-10-19(11-9-17)31-14-22(30)28-25(33)27-20-13-18(7-6-16(20)3)24-29-23-21(32-24)5-4-12-26-23/h4-13,15H,14H2,1-3H3,(H2,27,28,30,33). The second-order valence-electron chi connectivity index (χ2n) is 7.89. The number of ether oxygens (including phenoxy) is 1. The Hall–Kier alpha value is -3.78. The summed E-state index contributed by atoms with van der Waals surface area (Å²) >= 11 is 5.31. The molecule has 1 amide bonds. The Morgan fingerprint density at radius 1 is 1.15 bits per heavy atom. The summed E-state index contributed by atoms with van der Waals surface area (Å²) in [6.45, 7) is 6.05. The largest absolute Gasteiger partial charge is 0.484 e. The van der Waals surface area contributed by atoms with Crippen LogP contribution in [0.4, 0.5) is 5.69 Å². The van der Waals surface area contributed by atoms with Gasteiger partial charge in [-0.1, -0.05) is 32.0 Å². The zero-order chi connectivity index (χ0) is 23.4. The van der Waals surface area contributed by atoms with Crippen LogP contribution in [0.3, 0.4) is 0 Å². The van der Waals surface area contributed by atoms with Gasteiger partial charge < -0.3 is 14.5 Å². The van der Waals surface area contributed by atoms with Gasteiger partial charge in [0.1, 0.15) is 5.75 Å². The van der Waals surface area contributed by atoms with Crippen molar-refractivity contribution in [2.75, 3.05) is 11.9 Å². The normalized spacial score (nSPS) is 10.9. The van der Waals surface area contributed by atoms with E-state index in [1.165, 1.54) is 5.56 Å². The minimum atomic E-state index is -0.348. The summed E-state index contributed by atoms with van der Waals surface area (Å²) in [5.74, 6) is 1.18. The van der Waals surface area contributed by atoms with Crippen LogP contribution in [0.2, 0.25) is 0 Å². The monoisotopic (exact) mass is 460 g/mol. The number of benzene rings is 2. The zero-order valence-electron chi connectivity index (χ0n) is 18.6.